The van der Waals surface area contributed by atoms with Crippen molar-refractivity contribution >= 4 is 15.9 Å². The molecule has 0 fully saturated rings. The maximum Gasteiger partial charge on any atom is 0.0826 e. The van der Waals surface area contributed by atoms with E-state index >= 15 is 0 Å². The van der Waals surface area contributed by atoms with Crippen LogP contribution < -0.4 is 0 Å². The lowest BCUT2D eigenvalue weighted by molar-refractivity contribution is 0.752. The molecular weight excluding hydrogens is 276 g/mol. The molecule has 0 radical (unpaired) electrons. The number of aryl methyl sites for hydroxylation is 4. The molecule has 2 aromatic rings. The molecule has 0 unspecified atom stereocenters. The van der Waals surface area contributed by atoms with Gasteiger partial charge in [0.1, 0.15) is 0 Å². The first-order valence-electron chi connectivity index (χ1n) is 5.83. The Balaban J connectivity index is 2.64. The maximum absolute atomic E-state index is 4.54. The van der Waals surface area contributed by atoms with Gasteiger partial charge in [-0.2, -0.15) is 5.10 Å². The summed E-state index contributed by atoms with van der Waals surface area (Å²) in [6.45, 7) is 6.39. The van der Waals surface area contributed by atoms with Crippen molar-refractivity contribution in [3.63, 3.8) is 0 Å². The third kappa shape index (κ3) is 2.16. The van der Waals surface area contributed by atoms with Gasteiger partial charge in [-0.25, -0.2) is 0 Å². The minimum atomic E-state index is 0.944. The number of nitrogens with zero attached hydrogens (tertiary/aromatic N) is 2. The number of hydrogen-bond acceptors (Lipinski definition) is 1. The largest absolute Gasteiger partial charge is 0.266 e. The lowest BCUT2D eigenvalue weighted by Crippen LogP contribution is -1.96. The average molecular weight is 293 g/mol. The fourth-order valence-corrected chi connectivity index (χ4v) is 2.98. The van der Waals surface area contributed by atoms with Gasteiger partial charge in [0, 0.05) is 12.6 Å². The molecule has 17 heavy (non-hydrogen) atoms. The van der Waals surface area contributed by atoms with E-state index in [1.165, 1.54) is 22.4 Å². The van der Waals surface area contributed by atoms with Gasteiger partial charge in [-0.05, 0) is 41.8 Å². The Hall–Kier alpha value is -1.09. The molecule has 90 valence electrons. The normalized spacial score (nSPS) is 10.9. The third-order valence-corrected chi connectivity index (χ3v) is 3.86. The van der Waals surface area contributed by atoms with Crippen LogP contribution in [0.3, 0.4) is 0 Å². The second-order valence-corrected chi connectivity index (χ2v) is 5.20. The molecule has 1 aromatic heterocycles. The molecule has 2 rings (SSSR count). The summed E-state index contributed by atoms with van der Waals surface area (Å²) < 4.78 is 3.08. The Morgan fingerprint density at radius 3 is 2.53 bits per heavy atom. The van der Waals surface area contributed by atoms with Crippen molar-refractivity contribution in [2.75, 3.05) is 0 Å². The highest BCUT2D eigenvalue weighted by Gasteiger charge is 2.15. The highest BCUT2D eigenvalue weighted by molar-refractivity contribution is 9.10. The van der Waals surface area contributed by atoms with Crippen molar-refractivity contribution in [1.82, 2.24) is 9.78 Å². The Labute approximate surface area is 111 Å². The zero-order chi connectivity index (χ0) is 12.6. The van der Waals surface area contributed by atoms with E-state index in [4.69, 9.17) is 0 Å². The van der Waals surface area contributed by atoms with Crippen molar-refractivity contribution in [2.45, 2.75) is 27.2 Å². The van der Waals surface area contributed by atoms with E-state index < -0.39 is 0 Å². The molecule has 0 aliphatic heterocycles. The minimum Gasteiger partial charge on any atom is -0.266 e. The lowest BCUT2D eigenvalue weighted by atomic mass is 10.0. The van der Waals surface area contributed by atoms with Crippen LogP contribution in [0.2, 0.25) is 0 Å². The summed E-state index contributed by atoms with van der Waals surface area (Å²) in [4.78, 5) is 0. The molecule has 0 bridgehead atoms. The first kappa shape index (κ1) is 12.4. The van der Waals surface area contributed by atoms with Gasteiger partial charge >= 0.3 is 0 Å². The average Bonchev–Trinajstić information content (AvgIpc) is 2.55. The van der Waals surface area contributed by atoms with Gasteiger partial charge in [-0.1, -0.05) is 30.7 Å². The molecule has 0 aliphatic rings. The molecule has 0 N–H and O–H groups in total. The van der Waals surface area contributed by atoms with Gasteiger partial charge in [-0.3, -0.25) is 4.68 Å². The topological polar surface area (TPSA) is 17.8 Å². The monoisotopic (exact) mass is 292 g/mol. The summed E-state index contributed by atoms with van der Waals surface area (Å²) in [7, 11) is 2.00. The first-order valence-corrected chi connectivity index (χ1v) is 6.63. The smallest absolute Gasteiger partial charge is 0.0826 e. The first-order chi connectivity index (χ1) is 8.04. The second kappa shape index (κ2) is 4.65. The van der Waals surface area contributed by atoms with Crippen LogP contribution in [-0.4, -0.2) is 9.78 Å². The van der Waals surface area contributed by atoms with E-state index in [0.717, 1.165) is 16.6 Å². The molecule has 0 saturated carbocycles. The molecule has 0 spiro atoms. The summed E-state index contributed by atoms with van der Waals surface area (Å²) >= 11 is 3.67. The molecule has 1 heterocycles. The van der Waals surface area contributed by atoms with Crippen molar-refractivity contribution in [2.24, 2.45) is 7.05 Å². The minimum absolute atomic E-state index is 0.944. The van der Waals surface area contributed by atoms with Crippen LogP contribution in [0.1, 0.15) is 23.7 Å². The Kier molecular flexibility index (Phi) is 3.38. The summed E-state index contributed by atoms with van der Waals surface area (Å²) in [5.74, 6) is 0. The Bertz CT molecular complexity index is 556. The highest BCUT2D eigenvalue weighted by atomic mass is 79.9. The number of aromatic nitrogens is 2. The molecule has 0 aliphatic carbocycles. The lowest BCUT2D eigenvalue weighted by Gasteiger charge is -2.08. The number of halogens is 1. The number of benzene rings is 1. The van der Waals surface area contributed by atoms with E-state index in [1.54, 1.807) is 0 Å². The summed E-state index contributed by atoms with van der Waals surface area (Å²) in [6, 6.07) is 6.53. The summed E-state index contributed by atoms with van der Waals surface area (Å²) in [5.41, 5.74) is 6.11. The molecule has 0 amide bonds. The fourth-order valence-electron chi connectivity index (χ4n) is 2.15. The third-order valence-electron chi connectivity index (χ3n) is 3.03. The van der Waals surface area contributed by atoms with Gasteiger partial charge in [0.05, 0.1) is 15.9 Å². The summed E-state index contributed by atoms with van der Waals surface area (Å²) in [5, 5.41) is 4.54. The van der Waals surface area contributed by atoms with Crippen LogP contribution in [0, 0.1) is 13.8 Å². The van der Waals surface area contributed by atoms with Crippen LogP contribution in [0.4, 0.5) is 0 Å². The van der Waals surface area contributed by atoms with Crippen LogP contribution >= 0.6 is 15.9 Å². The molecule has 2 nitrogen and oxygen atoms in total. The fraction of sp³-hybridized carbons (Fsp3) is 0.357. The van der Waals surface area contributed by atoms with Crippen molar-refractivity contribution in [3.8, 4) is 11.3 Å². The van der Waals surface area contributed by atoms with E-state index in [9.17, 15) is 0 Å². The Morgan fingerprint density at radius 2 is 2.00 bits per heavy atom. The maximum atomic E-state index is 4.54. The van der Waals surface area contributed by atoms with Crippen LogP contribution in [0.25, 0.3) is 11.3 Å². The van der Waals surface area contributed by atoms with E-state index in [-0.39, 0.29) is 0 Å². The molecule has 0 saturated heterocycles. The number of hydrogen-bond donors (Lipinski definition) is 0. The van der Waals surface area contributed by atoms with E-state index in [1.807, 2.05) is 11.7 Å². The van der Waals surface area contributed by atoms with Crippen molar-refractivity contribution < 1.29 is 0 Å². The molecule has 3 heteroatoms. The predicted molar refractivity (Wildman–Crippen MR) is 75.2 cm³/mol. The van der Waals surface area contributed by atoms with E-state index in [2.05, 4.69) is 60.0 Å². The highest BCUT2D eigenvalue weighted by Crippen LogP contribution is 2.33. The van der Waals surface area contributed by atoms with Gasteiger partial charge in [0.25, 0.3) is 0 Å². The van der Waals surface area contributed by atoms with Crippen LogP contribution in [0.15, 0.2) is 22.7 Å². The van der Waals surface area contributed by atoms with Gasteiger partial charge in [-0.15, -0.1) is 0 Å². The van der Waals surface area contributed by atoms with Crippen LogP contribution in [-0.2, 0) is 13.5 Å². The Morgan fingerprint density at radius 1 is 1.29 bits per heavy atom. The predicted octanol–water partition coefficient (Wildman–Crippen LogP) is 4.03. The standard InChI is InChI=1S/C14H17BrN2/c1-5-12-13(15)14(17(4)16-12)11-7-6-9(2)8-10(11)3/h6-8H,5H2,1-4H3. The zero-order valence-electron chi connectivity index (χ0n) is 10.7. The zero-order valence-corrected chi connectivity index (χ0v) is 12.3. The van der Waals surface area contributed by atoms with Gasteiger partial charge in [0.2, 0.25) is 0 Å². The molecular formula is C14H17BrN2. The van der Waals surface area contributed by atoms with Crippen molar-refractivity contribution in [3.05, 3.63) is 39.5 Å². The van der Waals surface area contributed by atoms with Crippen molar-refractivity contribution in [1.29, 1.82) is 0 Å². The SMILES string of the molecule is CCc1nn(C)c(-c2ccc(C)cc2C)c1Br. The quantitative estimate of drug-likeness (QED) is 0.817. The van der Waals surface area contributed by atoms with E-state index in [0.29, 0.717) is 0 Å². The number of rotatable bonds is 2. The summed E-state index contributed by atoms with van der Waals surface area (Å²) in [6.07, 6.45) is 0.944. The second-order valence-electron chi connectivity index (χ2n) is 4.40. The van der Waals surface area contributed by atoms with Crippen LogP contribution in [0.5, 0.6) is 0 Å². The molecule has 0 atom stereocenters. The molecule has 1 aromatic carbocycles. The van der Waals surface area contributed by atoms with Gasteiger partial charge < -0.3 is 0 Å². The van der Waals surface area contributed by atoms with Gasteiger partial charge in [0.15, 0.2) is 0 Å².